The highest BCUT2D eigenvalue weighted by atomic mass is 19.3. The third-order valence-corrected chi connectivity index (χ3v) is 3.03. The highest BCUT2D eigenvalue weighted by molar-refractivity contribution is 5.68. The van der Waals surface area contributed by atoms with Crippen LogP contribution in [0, 0.1) is 0 Å². The molecular formula is C17H25F2NO3. The van der Waals surface area contributed by atoms with Crippen molar-refractivity contribution in [1.29, 1.82) is 0 Å². The normalized spacial score (nSPS) is 13.5. The van der Waals surface area contributed by atoms with Gasteiger partial charge >= 0.3 is 6.09 Å². The monoisotopic (exact) mass is 329 g/mol. The van der Waals surface area contributed by atoms with E-state index in [0.717, 1.165) is 12.5 Å². The van der Waals surface area contributed by atoms with Crippen LogP contribution < -0.4 is 5.32 Å². The summed E-state index contributed by atoms with van der Waals surface area (Å²) in [5.41, 5.74) is 0.205. The summed E-state index contributed by atoms with van der Waals surface area (Å²) in [6, 6.07) is 5.75. The van der Waals surface area contributed by atoms with E-state index in [1.807, 2.05) is 0 Å². The SMILES string of the molecule is COCC(Cc1ccc(C(C)(F)F)cc1)NC(=O)OC(C)(C)C. The predicted octanol–water partition coefficient (Wildman–Crippen LogP) is 3.88. The molecule has 0 radical (unpaired) electrons. The second-order valence-corrected chi connectivity index (χ2v) is 6.59. The number of hydrogen-bond acceptors (Lipinski definition) is 3. The number of rotatable bonds is 6. The molecule has 0 aliphatic rings. The highest BCUT2D eigenvalue weighted by Gasteiger charge is 2.24. The molecule has 1 N–H and O–H groups in total. The van der Waals surface area contributed by atoms with Crippen LogP contribution in [0.25, 0.3) is 0 Å². The molecule has 0 bridgehead atoms. The molecule has 0 saturated heterocycles. The Morgan fingerprint density at radius 2 is 1.74 bits per heavy atom. The average Bonchev–Trinajstić information content (AvgIpc) is 2.36. The fourth-order valence-electron chi connectivity index (χ4n) is 2.05. The lowest BCUT2D eigenvalue weighted by atomic mass is 10.0. The standard InChI is InChI=1S/C17H25F2NO3/c1-16(2,3)23-15(21)20-14(11-22-5)10-12-6-8-13(9-7-12)17(4,18)19/h6-9,14H,10-11H2,1-5H3,(H,20,21). The second kappa shape index (κ2) is 7.73. The van der Waals surface area contributed by atoms with Crippen molar-refractivity contribution in [1.82, 2.24) is 5.32 Å². The van der Waals surface area contributed by atoms with Crippen LogP contribution in [0.2, 0.25) is 0 Å². The lowest BCUT2D eigenvalue weighted by Gasteiger charge is -2.23. The molecule has 1 aromatic carbocycles. The molecular weight excluding hydrogens is 304 g/mol. The van der Waals surface area contributed by atoms with Crippen molar-refractivity contribution in [2.24, 2.45) is 0 Å². The molecule has 0 aromatic heterocycles. The fourth-order valence-corrected chi connectivity index (χ4v) is 2.05. The number of halogens is 2. The maximum Gasteiger partial charge on any atom is 0.407 e. The summed E-state index contributed by atoms with van der Waals surface area (Å²) >= 11 is 0. The van der Waals surface area contributed by atoms with E-state index in [1.165, 1.54) is 19.2 Å². The van der Waals surface area contributed by atoms with Gasteiger partial charge in [-0.25, -0.2) is 13.6 Å². The van der Waals surface area contributed by atoms with Crippen LogP contribution in [-0.4, -0.2) is 31.5 Å². The fraction of sp³-hybridized carbons (Fsp3) is 0.588. The van der Waals surface area contributed by atoms with Gasteiger partial charge in [-0.1, -0.05) is 24.3 Å². The van der Waals surface area contributed by atoms with E-state index in [1.54, 1.807) is 32.9 Å². The Kier molecular flexibility index (Phi) is 6.50. The third kappa shape index (κ3) is 7.41. The van der Waals surface area contributed by atoms with Crippen LogP contribution in [0.1, 0.15) is 38.8 Å². The minimum absolute atomic E-state index is 0.0374. The zero-order valence-electron chi connectivity index (χ0n) is 14.3. The number of benzene rings is 1. The van der Waals surface area contributed by atoms with Crippen LogP contribution in [0.15, 0.2) is 24.3 Å². The van der Waals surface area contributed by atoms with Gasteiger partial charge in [0.2, 0.25) is 0 Å². The highest BCUT2D eigenvalue weighted by Crippen LogP contribution is 2.26. The van der Waals surface area contributed by atoms with Crippen molar-refractivity contribution in [3.05, 3.63) is 35.4 Å². The zero-order valence-corrected chi connectivity index (χ0v) is 14.3. The lowest BCUT2D eigenvalue weighted by molar-refractivity contribution is 0.0174. The van der Waals surface area contributed by atoms with E-state index in [4.69, 9.17) is 9.47 Å². The predicted molar refractivity (Wildman–Crippen MR) is 84.7 cm³/mol. The van der Waals surface area contributed by atoms with Gasteiger partial charge < -0.3 is 14.8 Å². The molecule has 0 aliphatic carbocycles. The summed E-state index contributed by atoms with van der Waals surface area (Å²) in [6.45, 7) is 6.50. The number of carbonyl (C=O) groups excluding carboxylic acids is 1. The second-order valence-electron chi connectivity index (χ2n) is 6.59. The number of methoxy groups -OCH3 is 1. The summed E-state index contributed by atoms with van der Waals surface area (Å²) in [6.07, 6.45) is -0.0703. The Balaban J connectivity index is 2.70. The Labute approximate surface area is 136 Å². The molecule has 0 fully saturated rings. The smallest absolute Gasteiger partial charge is 0.407 e. The number of nitrogens with one attached hydrogen (secondary N) is 1. The van der Waals surface area contributed by atoms with E-state index in [9.17, 15) is 13.6 Å². The molecule has 130 valence electrons. The first kappa shape index (κ1) is 19.4. The maximum absolute atomic E-state index is 13.2. The first-order valence-electron chi connectivity index (χ1n) is 7.47. The van der Waals surface area contributed by atoms with Crippen LogP contribution in [0.5, 0.6) is 0 Å². The van der Waals surface area contributed by atoms with E-state index in [0.29, 0.717) is 13.0 Å². The van der Waals surface area contributed by atoms with Gasteiger partial charge in [0.1, 0.15) is 5.60 Å². The van der Waals surface area contributed by atoms with Gasteiger partial charge in [0, 0.05) is 19.6 Å². The summed E-state index contributed by atoms with van der Waals surface area (Å²) < 4.78 is 36.7. The zero-order chi connectivity index (χ0) is 17.7. The average molecular weight is 329 g/mol. The van der Waals surface area contributed by atoms with E-state index in [-0.39, 0.29) is 11.6 Å². The summed E-state index contributed by atoms with van der Waals surface area (Å²) in [7, 11) is 1.53. The van der Waals surface area contributed by atoms with Crippen molar-refractivity contribution in [2.75, 3.05) is 13.7 Å². The van der Waals surface area contributed by atoms with Gasteiger partial charge in [-0.2, -0.15) is 0 Å². The van der Waals surface area contributed by atoms with Crippen molar-refractivity contribution in [2.45, 2.75) is 51.7 Å². The number of hydrogen-bond donors (Lipinski definition) is 1. The van der Waals surface area contributed by atoms with Crippen LogP contribution >= 0.6 is 0 Å². The maximum atomic E-state index is 13.2. The summed E-state index contributed by atoms with van der Waals surface area (Å²) in [5.74, 6) is -2.86. The van der Waals surface area contributed by atoms with E-state index >= 15 is 0 Å². The van der Waals surface area contributed by atoms with Crippen molar-refractivity contribution < 1.29 is 23.0 Å². The first-order valence-corrected chi connectivity index (χ1v) is 7.47. The molecule has 1 unspecified atom stereocenters. The van der Waals surface area contributed by atoms with Crippen LogP contribution in [0.4, 0.5) is 13.6 Å². The lowest BCUT2D eigenvalue weighted by Crippen LogP contribution is -2.42. The Morgan fingerprint density at radius 1 is 1.17 bits per heavy atom. The minimum Gasteiger partial charge on any atom is -0.444 e. The molecule has 0 aliphatic heterocycles. The Hall–Kier alpha value is -1.69. The first-order chi connectivity index (χ1) is 10.5. The van der Waals surface area contributed by atoms with Crippen molar-refractivity contribution in [3.63, 3.8) is 0 Å². The number of carbonyl (C=O) groups is 1. The molecule has 0 heterocycles. The molecule has 1 aromatic rings. The molecule has 1 rings (SSSR count). The number of amides is 1. The van der Waals surface area contributed by atoms with E-state index in [2.05, 4.69) is 5.32 Å². The number of ether oxygens (including phenoxy) is 2. The summed E-state index contributed by atoms with van der Waals surface area (Å²) in [5, 5.41) is 2.73. The van der Waals surface area contributed by atoms with Crippen LogP contribution in [-0.2, 0) is 21.8 Å². The Bertz CT molecular complexity index is 504. The van der Waals surface area contributed by atoms with Gasteiger partial charge in [-0.3, -0.25) is 0 Å². The molecule has 1 atom stereocenters. The third-order valence-electron chi connectivity index (χ3n) is 3.03. The molecule has 0 spiro atoms. The van der Waals surface area contributed by atoms with Gasteiger partial charge in [0.15, 0.2) is 0 Å². The minimum atomic E-state index is -2.86. The summed E-state index contributed by atoms with van der Waals surface area (Å²) in [4.78, 5) is 11.8. The van der Waals surface area contributed by atoms with Crippen molar-refractivity contribution >= 4 is 6.09 Å². The quantitative estimate of drug-likeness (QED) is 0.861. The van der Waals surface area contributed by atoms with Gasteiger partial charge in [0.05, 0.1) is 12.6 Å². The largest absolute Gasteiger partial charge is 0.444 e. The number of alkyl carbamates (subject to hydrolysis) is 1. The van der Waals surface area contributed by atoms with Gasteiger partial charge in [-0.15, -0.1) is 0 Å². The van der Waals surface area contributed by atoms with Gasteiger partial charge in [-0.05, 0) is 32.8 Å². The van der Waals surface area contributed by atoms with Crippen molar-refractivity contribution in [3.8, 4) is 0 Å². The molecule has 23 heavy (non-hydrogen) atoms. The Morgan fingerprint density at radius 3 is 2.17 bits per heavy atom. The topological polar surface area (TPSA) is 47.6 Å². The van der Waals surface area contributed by atoms with E-state index < -0.39 is 17.6 Å². The van der Waals surface area contributed by atoms with Crippen LogP contribution in [0.3, 0.4) is 0 Å². The molecule has 1 amide bonds. The van der Waals surface area contributed by atoms with Gasteiger partial charge in [0.25, 0.3) is 5.92 Å². The molecule has 6 heteroatoms. The molecule has 4 nitrogen and oxygen atoms in total. The number of alkyl halides is 2. The molecule has 0 saturated carbocycles.